The van der Waals surface area contributed by atoms with Crippen molar-refractivity contribution in [3.8, 4) is 5.75 Å². The molecule has 26 heavy (non-hydrogen) atoms. The van der Waals surface area contributed by atoms with Crippen LogP contribution in [0.2, 0.25) is 0 Å². The number of nitrogens with zero attached hydrogens (tertiary/aromatic N) is 1. The fourth-order valence-electron chi connectivity index (χ4n) is 2.91. The third kappa shape index (κ3) is 5.86. The number of alkyl halides is 2. The highest BCUT2D eigenvalue weighted by molar-refractivity contribution is 5.86. The third-order valence-corrected chi connectivity index (χ3v) is 4.34. The zero-order valence-corrected chi connectivity index (χ0v) is 15.0. The SMILES string of the molecule is C[C@@H](NC(=O)N[C@H](C)c1ccc(OC(F)F)cc1)C(=O)N1CCCCC1. The van der Waals surface area contributed by atoms with E-state index in [2.05, 4.69) is 15.4 Å². The van der Waals surface area contributed by atoms with Crippen LogP contribution in [0.3, 0.4) is 0 Å². The first-order valence-corrected chi connectivity index (χ1v) is 8.77. The van der Waals surface area contributed by atoms with E-state index in [1.54, 1.807) is 30.9 Å². The average Bonchev–Trinajstić information content (AvgIpc) is 2.61. The summed E-state index contributed by atoms with van der Waals surface area (Å²) in [5.74, 6) is -0.0258. The highest BCUT2D eigenvalue weighted by Crippen LogP contribution is 2.19. The smallest absolute Gasteiger partial charge is 0.387 e. The molecule has 0 bridgehead atoms. The zero-order valence-electron chi connectivity index (χ0n) is 15.0. The number of nitrogens with one attached hydrogen (secondary N) is 2. The molecular formula is C18H25F2N3O3. The number of hydrogen-bond donors (Lipinski definition) is 2. The molecule has 1 fully saturated rings. The van der Waals surface area contributed by atoms with Crippen molar-refractivity contribution in [2.75, 3.05) is 13.1 Å². The summed E-state index contributed by atoms with van der Waals surface area (Å²) in [5, 5.41) is 5.39. The average molecular weight is 369 g/mol. The summed E-state index contributed by atoms with van der Waals surface area (Å²) in [6.45, 7) is 2.02. The molecule has 144 valence electrons. The lowest BCUT2D eigenvalue weighted by Gasteiger charge is -2.29. The number of piperidine rings is 1. The lowest BCUT2D eigenvalue weighted by molar-refractivity contribution is -0.133. The van der Waals surface area contributed by atoms with Crippen LogP contribution in [0.25, 0.3) is 0 Å². The molecule has 1 aromatic carbocycles. The van der Waals surface area contributed by atoms with Gasteiger partial charge in [0.1, 0.15) is 11.8 Å². The summed E-state index contributed by atoms with van der Waals surface area (Å²) in [6.07, 6.45) is 3.12. The van der Waals surface area contributed by atoms with E-state index in [1.165, 1.54) is 12.1 Å². The Morgan fingerprint density at radius 1 is 1.04 bits per heavy atom. The van der Waals surface area contributed by atoms with Gasteiger partial charge in [0.25, 0.3) is 0 Å². The topological polar surface area (TPSA) is 70.7 Å². The van der Waals surface area contributed by atoms with E-state index in [0.717, 1.165) is 37.9 Å². The fourth-order valence-corrected chi connectivity index (χ4v) is 2.91. The number of halogens is 2. The molecule has 0 radical (unpaired) electrons. The number of ether oxygens (including phenoxy) is 1. The van der Waals surface area contributed by atoms with Gasteiger partial charge in [0.05, 0.1) is 6.04 Å². The van der Waals surface area contributed by atoms with Gasteiger partial charge < -0.3 is 20.3 Å². The normalized spacial score (nSPS) is 16.7. The first-order chi connectivity index (χ1) is 12.4. The standard InChI is InChI=1S/C18H25F2N3O3/c1-12(14-6-8-15(9-7-14)26-17(19)20)21-18(25)22-13(2)16(24)23-10-4-3-5-11-23/h6-9,12-13,17H,3-5,10-11H2,1-2H3,(H2,21,22,25)/t12-,13-/m1/s1. The Kier molecular flexibility index (Phi) is 7.17. The Morgan fingerprint density at radius 3 is 2.23 bits per heavy atom. The molecule has 1 aliphatic heterocycles. The van der Waals surface area contributed by atoms with Gasteiger partial charge in [0.2, 0.25) is 5.91 Å². The molecule has 1 heterocycles. The molecule has 0 unspecified atom stereocenters. The maximum absolute atomic E-state index is 12.3. The van der Waals surface area contributed by atoms with Crippen molar-refractivity contribution < 1.29 is 23.1 Å². The molecule has 1 aromatic rings. The van der Waals surface area contributed by atoms with E-state index in [-0.39, 0.29) is 17.7 Å². The van der Waals surface area contributed by atoms with Crippen LogP contribution < -0.4 is 15.4 Å². The predicted molar refractivity (Wildman–Crippen MR) is 93.0 cm³/mol. The molecule has 2 rings (SSSR count). The number of hydrogen-bond acceptors (Lipinski definition) is 3. The maximum Gasteiger partial charge on any atom is 0.387 e. The van der Waals surface area contributed by atoms with Crippen LogP contribution in [0.1, 0.15) is 44.7 Å². The number of carbonyl (C=O) groups is 2. The molecule has 3 amide bonds. The van der Waals surface area contributed by atoms with E-state index in [4.69, 9.17) is 0 Å². The second kappa shape index (κ2) is 9.35. The van der Waals surface area contributed by atoms with Gasteiger partial charge in [-0.25, -0.2) is 4.79 Å². The lowest BCUT2D eigenvalue weighted by atomic mass is 10.1. The van der Waals surface area contributed by atoms with Crippen molar-refractivity contribution in [1.29, 1.82) is 0 Å². The molecule has 2 atom stereocenters. The van der Waals surface area contributed by atoms with Crippen LogP contribution in [0, 0.1) is 0 Å². The van der Waals surface area contributed by atoms with Crippen LogP contribution in [0.5, 0.6) is 5.75 Å². The van der Waals surface area contributed by atoms with Gasteiger partial charge in [-0.15, -0.1) is 0 Å². The Balaban J connectivity index is 1.83. The van der Waals surface area contributed by atoms with Crippen molar-refractivity contribution in [1.82, 2.24) is 15.5 Å². The molecule has 1 saturated heterocycles. The van der Waals surface area contributed by atoms with Gasteiger partial charge in [0, 0.05) is 13.1 Å². The Bertz CT molecular complexity index is 604. The molecule has 0 spiro atoms. The summed E-state index contributed by atoms with van der Waals surface area (Å²) in [5.41, 5.74) is 0.733. The maximum atomic E-state index is 12.3. The molecule has 0 aromatic heterocycles. The summed E-state index contributed by atoms with van der Waals surface area (Å²) in [7, 11) is 0. The number of benzene rings is 1. The molecule has 0 aliphatic carbocycles. The van der Waals surface area contributed by atoms with E-state index in [0.29, 0.717) is 0 Å². The second-order valence-corrected chi connectivity index (χ2v) is 6.39. The van der Waals surface area contributed by atoms with Crippen molar-refractivity contribution in [2.45, 2.75) is 51.8 Å². The summed E-state index contributed by atoms with van der Waals surface area (Å²) in [6, 6.07) is 4.62. The Morgan fingerprint density at radius 2 is 1.65 bits per heavy atom. The van der Waals surface area contributed by atoms with Crippen LogP contribution >= 0.6 is 0 Å². The molecule has 6 nitrogen and oxygen atoms in total. The highest BCUT2D eigenvalue weighted by Gasteiger charge is 2.23. The van der Waals surface area contributed by atoms with E-state index in [1.807, 2.05) is 0 Å². The van der Waals surface area contributed by atoms with Gasteiger partial charge in [0.15, 0.2) is 0 Å². The van der Waals surface area contributed by atoms with Crippen molar-refractivity contribution in [3.63, 3.8) is 0 Å². The monoisotopic (exact) mass is 369 g/mol. The molecule has 2 N–H and O–H groups in total. The zero-order chi connectivity index (χ0) is 19.1. The van der Waals surface area contributed by atoms with Crippen molar-refractivity contribution in [3.05, 3.63) is 29.8 Å². The van der Waals surface area contributed by atoms with Crippen LogP contribution in [-0.2, 0) is 4.79 Å². The van der Waals surface area contributed by atoms with Gasteiger partial charge in [-0.1, -0.05) is 12.1 Å². The van der Waals surface area contributed by atoms with Crippen LogP contribution in [0.15, 0.2) is 24.3 Å². The van der Waals surface area contributed by atoms with Crippen LogP contribution in [-0.4, -0.2) is 42.6 Å². The van der Waals surface area contributed by atoms with Gasteiger partial charge in [-0.05, 0) is 50.8 Å². The number of amides is 3. The predicted octanol–water partition coefficient (Wildman–Crippen LogP) is 3.05. The molecular weight excluding hydrogens is 344 g/mol. The molecule has 0 saturated carbocycles. The van der Waals surface area contributed by atoms with E-state index in [9.17, 15) is 18.4 Å². The van der Waals surface area contributed by atoms with Crippen LogP contribution in [0.4, 0.5) is 13.6 Å². The van der Waals surface area contributed by atoms with Gasteiger partial charge in [-0.2, -0.15) is 8.78 Å². The highest BCUT2D eigenvalue weighted by atomic mass is 19.3. The third-order valence-electron chi connectivity index (χ3n) is 4.34. The van der Waals surface area contributed by atoms with Gasteiger partial charge >= 0.3 is 12.6 Å². The number of carbonyl (C=O) groups excluding carboxylic acids is 2. The number of urea groups is 1. The van der Waals surface area contributed by atoms with E-state index < -0.39 is 18.7 Å². The molecule has 8 heteroatoms. The summed E-state index contributed by atoms with van der Waals surface area (Å²) < 4.78 is 28.6. The van der Waals surface area contributed by atoms with Crippen molar-refractivity contribution in [2.24, 2.45) is 0 Å². The number of rotatable bonds is 6. The largest absolute Gasteiger partial charge is 0.435 e. The minimum absolute atomic E-state index is 0.0566. The summed E-state index contributed by atoms with van der Waals surface area (Å²) >= 11 is 0. The van der Waals surface area contributed by atoms with Crippen molar-refractivity contribution >= 4 is 11.9 Å². The summed E-state index contributed by atoms with van der Waals surface area (Å²) in [4.78, 5) is 26.2. The van der Waals surface area contributed by atoms with E-state index >= 15 is 0 Å². The minimum atomic E-state index is -2.87. The lowest BCUT2D eigenvalue weighted by Crippen LogP contribution is -2.51. The first-order valence-electron chi connectivity index (χ1n) is 8.77. The quantitative estimate of drug-likeness (QED) is 0.810. The molecule has 1 aliphatic rings. The Labute approximate surface area is 151 Å². The fraction of sp³-hybridized carbons (Fsp3) is 0.556. The second-order valence-electron chi connectivity index (χ2n) is 6.39. The first kappa shape index (κ1) is 19.9. The minimum Gasteiger partial charge on any atom is -0.435 e. The number of likely N-dealkylation sites (tertiary alicyclic amines) is 1. The van der Waals surface area contributed by atoms with Gasteiger partial charge in [-0.3, -0.25) is 4.79 Å². The Hall–Kier alpha value is -2.38.